The van der Waals surface area contributed by atoms with E-state index in [4.69, 9.17) is 15.2 Å². The van der Waals surface area contributed by atoms with E-state index in [9.17, 15) is 14.4 Å². The number of carbonyl (C=O) groups is 3. The summed E-state index contributed by atoms with van der Waals surface area (Å²) in [5.74, 6) is -1.58. The zero-order chi connectivity index (χ0) is 26.2. The standard InChI is InChI=1S/C29H42N2O5/c1-3-5-6-7-8-9-10-11-12-13-19-36-24-16-14-15-23(20-24)28(33)25-17-18-31(21-26(25)29(30)34)22-27(32)35-4-2/h14-18,20-21,25H,3-13,19,22H2,1-2H3,(H2,30,34). The maximum absolute atomic E-state index is 13.2. The Balaban J connectivity index is 1.82. The number of rotatable bonds is 18. The molecule has 1 atom stereocenters. The summed E-state index contributed by atoms with van der Waals surface area (Å²) >= 11 is 0. The number of amides is 1. The van der Waals surface area contributed by atoms with Crippen molar-refractivity contribution in [2.45, 2.75) is 78.1 Å². The van der Waals surface area contributed by atoms with Crippen LogP contribution in [0.2, 0.25) is 0 Å². The van der Waals surface area contributed by atoms with Crippen molar-refractivity contribution in [3.63, 3.8) is 0 Å². The lowest BCUT2D eigenvalue weighted by atomic mass is 9.89. The molecule has 36 heavy (non-hydrogen) atoms. The molecule has 1 amide bonds. The maximum atomic E-state index is 13.2. The first kappa shape index (κ1) is 29.1. The van der Waals surface area contributed by atoms with Crippen molar-refractivity contribution in [2.75, 3.05) is 19.8 Å². The molecule has 1 aliphatic heterocycles. The van der Waals surface area contributed by atoms with Gasteiger partial charge in [0.15, 0.2) is 5.78 Å². The molecular formula is C29H42N2O5. The predicted octanol–water partition coefficient (Wildman–Crippen LogP) is 5.55. The molecule has 198 valence electrons. The van der Waals surface area contributed by atoms with E-state index in [-0.39, 0.29) is 24.5 Å². The second-order valence-corrected chi connectivity index (χ2v) is 9.17. The lowest BCUT2D eigenvalue weighted by Gasteiger charge is -2.24. The summed E-state index contributed by atoms with van der Waals surface area (Å²) in [6.45, 7) is 4.77. The molecule has 2 rings (SSSR count). The van der Waals surface area contributed by atoms with Crippen LogP contribution >= 0.6 is 0 Å². The van der Waals surface area contributed by atoms with E-state index in [0.29, 0.717) is 17.9 Å². The summed E-state index contributed by atoms with van der Waals surface area (Å²) < 4.78 is 10.8. The van der Waals surface area contributed by atoms with Gasteiger partial charge in [-0.1, -0.05) is 82.9 Å². The average molecular weight is 499 g/mol. The van der Waals surface area contributed by atoms with Crippen LogP contribution < -0.4 is 10.5 Å². The first-order valence-corrected chi connectivity index (χ1v) is 13.3. The van der Waals surface area contributed by atoms with Gasteiger partial charge in [0.05, 0.1) is 19.1 Å². The predicted molar refractivity (Wildman–Crippen MR) is 141 cm³/mol. The number of benzene rings is 1. The Morgan fingerprint density at radius 3 is 2.25 bits per heavy atom. The van der Waals surface area contributed by atoms with Crippen molar-refractivity contribution in [1.29, 1.82) is 0 Å². The minimum Gasteiger partial charge on any atom is -0.494 e. The highest BCUT2D eigenvalue weighted by Crippen LogP contribution is 2.25. The molecular weight excluding hydrogens is 456 g/mol. The van der Waals surface area contributed by atoms with Crippen LogP contribution in [-0.4, -0.2) is 42.3 Å². The van der Waals surface area contributed by atoms with Crippen LogP contribution in [0.5, 0.6) is 5.75 Å². The first-order chi connectivity index (χ1) is 17.5. The third-order valence-corrected chi connectivity index (χ3v) is 6.18. The normalized spacial score (nSPS) is 14.9. The van der Waals surface area contributed by atoms with Gasteiger partial charge in [0.2, 0.25) is 5.91 Å². The zero-order valence-electron chi connectivity index (χ0n) is 21.9. The number of hydrogen-bond donors (Lipinski definition) is 1. The highest BCUT2D eigenvalue weighted by molar-refractivity contribution is 6.07. The van der Waals surface area contributed by atoms with Gasteiger partial charge in [0.1, 0.15) is 12.3 Å². The van der Waals surface area contributed by atoms with Gasteiger partial charge >= 0.3 is 5.97 Å². The zero-order valence-corrected chi connectivity index (χ0v) is 21.9. The number of unbranched alkanes of at least 4 members (excludes halogenated alkanes) is 9. The van der Waals surface area contributed by atoms with Crippen LogP contribution in [0, 0.1) is 5.92 Å². The number of Topliss-reactive ketones (excluding diaryl/α,β-unsaturated/α-hetero) is 1. The van der Waals surface area contributed by atoms with Crippen LogP contribution in [0.15, 0.2) is 48.3 Å². The number of ether oxygens (including phenoxy) is 2. The molecule has 7 nitrogen and oxygen atoms in total. The van der Waals surface area contributed by atoms with Gasteiger partial charge in [-0.3, -0.25) is 14.4 Å². The Bertz CT molecular complexity index is 909. The van der Waals surface area contributed by atoms with E-state index < -0.39 is 17.8 Å². The van der Waals surface area contributed by atoms with Crippen molar-refractivity contribution in [1.82, 2.24) is 4.90 Å². The number of allylic oxidation sites excluding steroid dienone is 1. The summed E-state index contributed by atoms with van der Waals surface area (Å²) in [5.41, 5.74) is 6.12. The third-order valence-electron chi connectivity index (χ3n) is 6.18. The molecule has 0 spiro atoms. The maximum Gasteiger partial charge on any atom is 0.325 e. The van der Waals surface area contributed by atoms with Crippen molar-refractivity contribution in [3.8, 4) is 5.75 Å². The summed E-state index contributed by atoms with van der Waals surface area (Å²) in [6.07, 6.45) is 17.2. The average Bonchev–Trinajstić information content (AvgIpc) is 2.87. The topological polar surface area (TPSA) is 98.9 Å². The fourth-order valence-electron chi connectivity index (χ4n) is 4.20. The molecule has 0 radical (unpaired) electrons. The second kappa shape index (κ2) is 16.6. The van der Waals surface area contributed by atoms with E-state index in [1.54, 1.807) is 37.4 Å². The Morgan fingerprint density at radius 2 is 1.61 bits per heavy atom. The number of hydrogen-bond acceptors (Lipinski definition) is 6. The van der Waals surface area contributed by atoms with Crippen molar-refractivity contribution < 1.29 is 23.9 Å². The summed E-state index contributed by atoms with van der Waals surface area (Å²) in [4.78, 5) is 38.5. The molecule has 7 heteroatoms. The molecule has 1 aromatic carbocycles. The van der Waals surface area contributed by atoms with Gasteiger partial charge in [-0.2, -0.15) is 0 Å². The highest BCUT2D eigenvalue weighted by atomic mass is 16.5. The van der Waals surface area contributed by atoms with Crippen molar-refractivity contribution >= 4 is 17.7 Å². The largest absolute Gasteiger partial charge is 0.494 e. The lowest BCUT2D eigenvalue weighted by molar-refractivity contribution is -0.143. The number of esters is 1. The van der Waals surface area contributed by atoms with Gasteiger partial charge < -0.3 is 20.1 Å². The van der Waals surface area contributed by atoms with Crippen LogP contribution in [0.25, 0.3) is 0 Å². The second-order valence-electron chi connectivity index (χ2n) is 9.17. The molecule has 1 aromatic rings. The summed E-state index contributed by atoms with van der Waals surface area (Å²) in [6, 6.07) is 7.01. The van der Waals surface area contributed by atoms with Crippen LogP contribution in [0.3, 0.4) is 0 Å². The van der Waals surface area contributed by atoms with Gasteiger partial charge in [0.25, 0.3) is 0 Å². The lowest BCUT2D eigenvalue weighted by Crippen LogP contribution is -2.32. The number of nitrogens with two attached hydrogens (primary N) is 1. The Hall–Kier alpha value is -3.09. The Labute approximate surface area is 215 Å². The summed E-state index contributed by atoms with van der Waals surface area (Å²) in [7, 11) is 0. The van der Waals surface area contributed by atoms with Crippen molar-refractivity contribution in [2.24, 2.45) is 11.7 Å². The van der Waals surface area contributed by atoms with Gasteiger partial charge in [-0.05, 0) is 25.5 Å². The Morgan fingerprint density at radius 1 is 0.944 bits per heavy atom. The minimum absolute atomic E-state index is 0.0652. The molecule has 1 unspecified atom stereocenters. The van der Waals surface area contributed by atoms with E-state index >= 15 is 0 Å². The van der Waals surface area contributed by atoms with Crippen LogP contribution in [0.1, 0.15) is 88.4 Å². The molecule has 0 bridgehead atoms. The number of nitrogens with zero attached hydrogens (tertiary/aromatic N) is 1. The molecule has 1 aliphatic rings. The molecule has 0 aliphatic carbocycles. The molecule has 2 N–H and O–H groups in total. The van der Waals surface area contributed by atoms with E-state index in [1.165, 1.54) is 62.5 Å². The molecule has 0 saturated heterocycles. The molecule has 1 heterocycles. The minimum atomic E-state index is -0.821. The number of ketones is 1. The quantitative estimate of drug-likeness (QED) is 0.162. The third kappa shape index (κ3) is 10.3. The highest BCUT2D eigenvalue weighted by Gasteiger charge is 2.29. The summed E-state index contributed by atoms with van der Waals surface area (Å²) in [5, 5.41) is 0. The monoisotopic (exact) mass is 498 g/mol. The molecule has 0 aromatic heterocycles. The number of carbonyl (C=O) groups excluding carboxylic acids is 3. The first-order valence-electron chi connectivity index (χ1n) is 13.3. The van der Waals surface area contributed by atoms with Gasteiger partial charge in [-0.25, -0.2) is 0 Å². The number of primary amides is 1. The van der Waals surface area contributed by atoms with Gasteiger partial charge in [0, 0.05) is 23.5 Å². The molecule has 0 saturated carbocycles. The van der Waals surface area contributed by atoms with Crippen LogP contribution in [0.4, 0.5) is 0 Å². The van der Waals surface area contributed by atoms with Crippen LogP contribution in [-0.2, 0) is 14.3 Å². The van der Waals surface area contributed by atoms with E-state index in [2.05, 4.69) is 6.92 Å². The van der Waals surface area contributed by atoms with Crippen molar-refractivity contribution in [3.05, 3.63) is 53.9 Å². The molecule has 0 fully saturated rings. The van der Waals surface area contributed by atoms with E-state index in [0.717, 1.165) is 12.8 Å². The van der Waals surface area contributed by atoms with Gasteiger partial charge in [-0.15, -0.1) is 0 Å². The fourth-order valence-corrected chi connectivity index (χ4v) is 4.20. The smallest absolute Gasteiger partial charge is 0.325 e. The SMILES string of the molecule is CCCCCCCCCCCCOc1cccc(C(=O)C2C=CN(CC(=O)OCC)C=C2C(N)=O)c1. The Kier molecular flexibility index (Phi) is 13.4. The fraction of sp³-hybridized carbons (Fsp3) is 0.552. The van der Waals surface area contributed by atoms with E-state index in [1.807, 2.05) is 6.07 Å².